The van der Waals surface area contributed by atoms with Gasteiger partial charge in [-0.3, -0.25) is 0 Å². The lowest BCUT2D eigenvalue weighted by Gasteiger charge is -2.09. The quantitative estimate of drug-likeness (QED) is 0.553. The maximum absolute atomic E-state index is 12.5. The van der Waals surface area contributed by atoms with Crippen LogP contribution in [0.1, 0.15) is 12.8 Å². The first-order valence-electron chi connectivity index (χ1n) is 3.33. The highest BCUT2D eigenvalue weighted by molar-refractivity contribution is 5.85. The minimum Gasteiger partial charge on any atom is -0.390 e. The predicted molar refractivity (Wildman–Crippen MR) is 40.3 cm³/mol. The zero-order chi connectivity index (χ0) is 6.69. The van der Waals surface area contributed by atoms with Crippen molar-refractivity contribution in [2.75, 3.05) is 13.1 Å². The van der Waals surface area contributed by atoms with Gasteiger partial charge in [-0.15, -0.1) is 12.4 Å². The molecule has 0 aromatic heterocycles. The van der Waals surface area contributed by atoms with Crippen molar-refractivity contribution in [2.45, 2.75) is 25.1 Å². The highest BCUT2D eigenvalue weighted by atomic mass is 35.5. The summed E-state index contributed by atoms with van der Waals surface area (Å²) < 4.78 is 12.5. The number of hydrogen-bond acceptors (Lipinski definition) is 2. The van der Waals surface area contributed by atoms with Crippen LogP contribution >= 0.6 is 12.4 Å². The van der Waals surface area contributed by atoms with Gasteiger partial charge in [0.25, 0.3) is 0 Å². The van der Waals surface area contributed by atoms with Crippen LogP contribution in [0.5, 0.6) is 0 Å². The van der Waals surface area contributed by atoms with Gasteiger partial charge in [0.05, 0.1) is 6.10 Å². The van der Waals surface area contributed by atoms with Gasteiger partial charge in [0.15, 0.2) is 0 Å². The molecule has 2 nitrogen and oxygen atoms in total. The van der Waals surface area contributed by atoms with Crippen LogP contribution in [0.2, 0.25) is 0 Å². The van der Waals surface area contributed by atoms with Gasteiger partial charge in [0.2, 0.25) is 0 Å². The number of halogens is 2. The van der Waals surface area contributed by atoms with Crippen LogP contribution in [0.3, 0.4) is 0 Å². The first kappa shape index (κ1) is 10.1. The van der Waals surface area contributed by atoms with Crippen LogP contribution in [0.25, 0.3) is 0 Å². The van der Waals surface area contributed by atoms with Crippen LogP contribution in [-0.4, -0.2) is 30.5 Å². The van der Waals surface area contributed by atoms with E-state index in [1.165, 1.54) is 0 Å². The van der Waals surface area contributed by atoms with E-state index < -0.39 is 12.3 Å². The molecule has 0 radical (unpaired) electrons. The number of nitrogens with one attached hydrogen (secondary N) is 1. The molecule has 1 saturated heterocycles. The summed E-state index contributed by atoms with van der Waals surface area (Å²) in [7, 11) is 0. The molecular formula is C6H13ClFNO. The minimum atomic E-state index is -1.06. The van der Waals surface area contributed by atoms with Crippen molar-refractivity contribution < 1.29 is 9.50 Å². The van der Waals surface area contributed by atoms with Crippen molar-refractivity contribution in [3.8, 4) is 0 Å². The molecule has 0 spiro atoms. The van der Waals surface area contributed by atoms with Crippen LogP contribution in [0.15, 0.2) is 0 Å². The zero-order valence-electron chi connectivity index (χ0n) is 5.72. The molecule has 0 saturated carbocycles. The third-order valence-electron chi connectivity index (χ3n) is 1.61. The fraction of sp³-hybridized carbons (Fsp3) is 1.00. The first-order chi connectivity index (χ1) is 4.30. The molecule has 10 heavy (non-hydrogen) atoms. The van der Waals surface area contributed by atoms with E-state index in [2.05, 4.69) is 5.32 Å². The molecule has 0 unspecified atom stereocenters. The molecule has 1 rings (SSSR count). The Labute approximate surface area is 66.2 Å². The minimum absolute atomic E-state index is 0. The number of aliphatic hydroxyl groups excluding tert-OH is 1. The maximum Gasteiger partial charge on any atom is 0.138 e. The largest absolute Gasteiger partial charge is 0.390 e. The topological polar surface area (TPSA) is 32.3 Å². The van der Waals surface area contributed by atoms with Gasteiger partial charge in [-0.2, -0.15) is 0 Å². The Hall–Kier alpha value is 0.140. The average Bonchev–Trinajstić information content (AvgIpc) is 1.99. The number of hydrogen-bond donors (Lipinski definition) is 2. The molecule has 0 aliphatic carbocycles. The predicted octanol–water partition coefficient (Wildman–Crippen LogP) is 0.491. The zero-order valence-corrected chi connectivity index (χ0v) is 6.53. The molecule has 0 aromatic carbocycles. The van der Waals surface area contributed by atoms with E-state index >= 15 is 0 Å². The highest BCUT2D eigenvalue weighted by Crippen LogP contribution is 2.07. The second-order valence-electron chi connectivity index (χ2n) is 2.43. The summed E-state index contributed by atoms with van der Waals surface area (Å²) >= 11 is 0. The van der Waals surface area contributed by atoms with E-state index in [9.17, 15) is 4.39 Å². The first-order valence-corrected chi connectivity index (χ1v) is 3.33. The molecule has 1 aliphatic heterocycles. The molecule has 0 amide bonds. The third-order valence-corrected chi connectivity index (χ3v) is 1.61. The number of rotatable bonds is 0. The summed E-state index contributed by atoms with van der Waals surface area (Å²) in [5, 5.41) is 11.8. The number of alkyl halides is 1. The average molecular weight is 170 g/mol. The van der Waals surface area contributed by atoms with E-state index in [4.69, 9.17) is 5.11 Å². The standard InChI is InChI=1S/C6H12FNO.ClH/c7-5-4-8-3-1-2-6(5)9;/h5-6,8-9H,1-4H2;1H/t5-,6+;/m0./s1. The van der Waals surface area contributed by atoms with E-state index in [1.54, 1.807) is 0 Å². The normalized spacial score (nSPS) is 34.2. The summed E-state index contributed by atoms with van der Waals surface area (Å²) in [5.41, 5.74) is 0. The monoisotopic (exact) mass is 169 g/mol. The van der Waals surface area contributed by atoms with Gasteiger partial charge in [-0.05, 0) is 19.4 Å². The molecule has 62 valence electrons. The fourth-order valence-corrected chi connectivity index (χ4v) is 0.993. The Morgan fingerprint density at radius 1 is 1.50 bits per heavy atom. The van der Waals surface area contributed by atoms with Gasteiger partial charge in [0.1, 0.15) is 6.17 Å². The summed E-state index contributed by atoms with van der Waals surface area (Å²) in [6.07, 6.45) is -0.331. The smallest absolute Gasteiger partial charge is 0.138 e. The van der Waals surface area contributed by atoms with Gasteiger partial charge < -0.3 is 10.4 Å². The molecule has 1 heterocycles. The van der Waals surface area contributed by atoms with Crippen LogP contribution < -0.4 is 5.32 Å². The maximum atomic E-state index is 12.5. The van der Waals surface area contributed by atoms with Gasteiger partial charge >= 0.3 is 0 Å². The van der Waals surface area contributed by atoms with Crippen LogP contribution in [0.4, 0.5) is 4.39 Å². The molecular weight excluding hydrogens is 157 g/mol. The molecule has 2 atom stereocenters. The fourth-order valence-electron chi connectivity index (χ4n) is 0.993. The van der Waals surface area contributed by atoms with Gasteiger partial charge in [0, 0.05) is 6.54 Å². The lowest BCUT2D eigenvalue weighted by atomic mass is 10.1. The summed E-state index contributed by atoms with van der Waals surface area (Å²) in [4.78, 5) is 0. The van der Waals surface area contributed by atoms with Gasteiger partial charge in [-0.1, -0.05) is 0 Å². The molecule has 0 aromatic rings. The Balaban J connectivity index is 0.000000810. The number of aliphatic hydroxyl groups is 1. The summed E-state index contributed by atoms with van der Waals surface area (Å²) in [6, 6.07) is 0. The Kier molecular flexibility index (Phi) is 4.95. The molecule has 2 N–H and O–H groups in total. The lowest BCUT2D eigenvalue weighted by Crippen LogP contribution is -2.28. The van der Waals surface area contributed by atoms with E-state index in [0.717, 1.165) is 13.0 Å². The van der Waals surface area contributed by atoms with E-state index in [-0.39, 0.29) is 12.4 Å². The SMILES string of the molecule is Cl.O[C@@H]1CCCNC[C@@H]1F. The van der Waals surface area contributed by atoms with Crippen molar-refractivity contribution in [2.24, 2.45) is 0 Å². The van der Waals surface area contributed by atoms with Crippen LogP contribution in [0, 0.1) is 0 Å². The van der Waals surface area contributed by atoms with Crippen molar-refractivity contribution in [1.29, 1.82) is 0 Å². The van der Waals surface area contributed by atoms with Crippen molar-refractivity contribution >= 4 is 12.4 Å². The molecule has 0 bridgehead atoms. The second kappa shape index (κ2) is 4.88. The molecule has 1 aliphatic rings. The Bertz CT molecular complexity index is 83.8. The van der Waals surface area contributed by atoms with Crippen molar-refractivity contribution in [3.05, 3.63) is 0 Å². The van der Waals surface area contributed by atoms with E-state index in [0.29, 0.717) is 13.0 Å². The molecule has 4 heteroatoms. The summed E-state index contributed by atoms with van der Waals surface area (Å²) in [5.74, 6) is 0. The van der Waals surface area contributed by atoms with Crippen molar-refractivity contribution in [1.82, 2.24) is 5.32 Å². The van der Waals surface area contributed by atoms with Crippen molar-refractivity contribution in [3.63, 3.8) is 0 Å². The van der Waals surface area contributed by atoms with E-state index in [1.807, 2.05) is 0 Å². The lowest BCUT2D eigenvalue weighted by molar-refractivity contribution is 0.0787. The Morgan fingerprint density at radius 2 is 2.20 bits per heavy atom. The van der Waals surface area contributed by atoms with Gasteiger partial charge in [-0.25, -0.2) is 4.39 Å². The second-order valence-corrected chi connectivity index (χ2v) is 2.43. The Morgan fingerprint density at radius 3 is 2.90 bits per heavy atom. The third kappa shape index (κ3) is 2.82. The van der Waals surface area contributed by atoms with Crippen LogP contribution in [-0.2, 0) is 0 Å². The summed E-state index contributed by atoms with van der Waals surface area (Å²) in [6.45, 7) is 1.14. The highest BCUT2D eigenvalue weighted by Gasteiger charge is 2.19. The molecule has 1 fully saturated rings.